The first kappa shape index (κ1) is 18.3. The van der Waals surface area contributed by atoms with Crippen molar-refractivity contribution >= 4 is 10.0 Å². The molecule has 2 aromatic rings. The average molecular weight is 353 g/mol. The first-order valence-electron chi connectivity index (χ1n) is 7.54. The maximum atomic E-state index is 12.9. The molecular formula is C16H23N3O4S. The first-order valence-corrected chi connectivity index (χ1v) is 8.98. The van der Waals surface area contributed by atoms with E-state index in [9.17, 15) is 8.42 Å². The van der Waals surface area contributed by atoms with E-state index >= 15 is 0 Å². The van der Waals surface area contributed by atoms with Crippen molar-refractivity contribution in [3.63, 3.8) is 0 Å². The maximum absolute atomic E-state index is 12.9. The Morgan fingerprint density at radius 1 is 1.25 bits per heavy atom. The fourth-order valence-electron chi connectivity index (χ4n) is 2.44. The highest BCUT2D eigenvalue weighted by molar-refractivity contribution is 7.89. The van der Waals surface area contributed by atoms with Crippen molar-refractivity contribution < 1.29 is 17.9 Å². The van der Waals surface area contributed by atoms with Crippen LogP contribution < -0.4 is 9.47 Å². The van der Waals surface area contributed by atoms with Gasteiger partial charge < -0.3 is 9.47 Å². The van der Waals surface area contributed by atoms with Gasteiger partial charge in [-0.15, -0.1) is 0 Å². The van der Waals surface area contributed by atoms with Gasteiger partial charge in [0, 0.05) is 37.5 Å². The molecule has 0 saturated carbocycles. The Labute approximate surface area is 142 Å². The minimum absolute atomic E-state index is 0.0763. The molecule has 7 nitrogen and oxygen atoms in total. The molecule has 2 rings (SSSR count). The smallest absolute Gasteiger partial charge is 0.246 e. The lowest BCUT2D eigenvalue weighted by atomic mass is 10.2. The summed E-state index contributed by atoms with van der Waals surface area (Å²) in [5.41, 5.74) is 1.82. The zero-order chi connectivity index (χ0) is 17.9. The number of aryl methyl sites for hydroxylation is 1. The predicted octanol–water partition coefficient (Wildman–Crippen LogP) is 2.05. The summed E-state index contributed by atoms with van der Waals surface area (Å²) in [7, 11) is 0.734. The SMILES string of the molecule is CCn1ncc(CN(C)S(=O)(=O)c2cc(OC)ccc2OC)c1C. The molecule has 8 heteroatoms. The van der Waals surface area contributed by atoms with Crippen molar-refractivity contribution in [2.75, 3.05) is 21.3 Å². The number of sulfonamides is 1. The van der Waals surface area contributed by atoms with Gasteiger partial charge >= 0.3 is 0 Å². The second kappa shape index (κ2) is 7.23. The normalized spacial score (nSPS) is 11.8. The molecule has 0 aliphatic heterocycles. The molecule has 0 aliphatic rings. The third-order valence-corrected chi connectivity index (χ3v) is 5.78. The molecule has 0 bridgehead atoms. The van der Waals surface area contributed by atoms with E-state index in [0.717, 1.165) is 17.8 Å². The highest BCUT2D eigenvalue weighted by Gasteiger charge is 2.26. The van der Waals surface area contributed by atoms with E-state index in [2.05, 4.69) is 5.10 Å². The fourth-order valence-corrected chi connectivity index (χ4v) is 3.75. The second-order valence-electron chi connectivity index (χ2n) is 5.35. The van der Waals surface area contributed by atoms with E-state index in [-0.39, 0.29) is 17.2 Å². The third-order valence-electron chi connectivity index (χ3n) is 3.96. The summed E-state index contributed by atoms with van der Waals surface area (Å²) in [6.07, 6.45) is 1.70. The van der Waals surface area contributed by atoms with Gasteiger partial charge in [-0.25, -0.2) is 8.42 Å². The molecule has 1 heterocycles. The number of benzene rings is 1. The Balaban J connectivity index is 2.37. The summed E-state index contributed by atoms with van der Waals surface area (Å²) in [6, 6.07) is 4.71. The predicted molar refractivity (Wildman–Crippen MR) is 90.8 cm³/mol. The summed E-state index contributed by atoms with van der Waals surface area (Å²) < 4.78 is 39.3. The highest BCUT2D eigenvalue weighted by atomic mass is 32.2. The van der Waals surface area contributed by atoms with Crippen LogP contribution in [0.3, 0.4) is 0 Å². The number of hydrogen-bond acceptors (Lipinski definition) is 5. The van der Waals surface area contributed by atoms with Crippen molar-refractivity contribution in [1.29, 1.82) is 0 Å². The molecule has 0 spiro atoms. The van der Waals surface area contributed by atoms with Gasteiger partial charge in [-0.2, -0.15) is 9.40 Å². The van der Waals surface area contributed by atoms with Crippen LogP contribution in [-0.2, 0) is 23.1 Å². The Hall–Kier alpha value is -2.06. The molecular weight excluding hydrogens is 330 g/mol. The number of hydrogen-bond donors (Lipinski definition) is 0. The van der Waals surface area contributed by atoms with E-state index in [1.54, 1.807) is 18.3 Å². The summed E-state index contributed by atoms with van der Waals surface area (Å²) in [6.45, 7) is 4.89. The molecule has 132 valence electrons. The van der Waals surface area contributed by atoms with Crippen LogP contribution in [-0.4, -0.2) is 43.8 Å². The van der Waals surface area contributed by atoms with Crippen LogP contribution >= 0.6 is 0 Å². The van der Waals surface area contributed by atoms with E-state index in [1.165, 1.54) is 31.6 Å². The van der Waals surface area contributed by atoms with Crippen LogP contribution in [0.4, 0.5) is 0 Å². The molecule has 0 radical (unpaired) electrons. The van der Waals surface area contributed by atoms with E-state index in [1.807, 2.05) is 18.5 Å². The monoisotopic (exact) mass is 353 g/mol. The van der Waals surface area contributed by atoms with Gasteiger partial charge in [0.15, 0.2) is 0 Å². The van der Waals surface area contributed by atoms with E-state index in [0.29, 0.717) is 5.75 Å². The van der Waals surface area contributed by atoms with Crippen molar-refractivity contribution in [2.45, 2.75) is 31.8 Å². The Bertz CT molecular complexity index is 815. The van der Waals surface area contributed by atoms with Crippen LogP contribution in [0.1, 0.15) is 18.2 Å². The molecule has 0 aliphatic carbocycles. The van der Waals surface area contributed by atoms with E-state index < -0.39 is 10.0 Å². The Morgan fingerprint density at radius 3 is 2.50 bits per heavy atom. The summed E-state index contributed by atoms with van der Waals surface area (Å²) >= 11 is 0. The number of rotatable bonds is 7. The summed E-state index contributed by atoms with van der Waals surface area (Å²) in [4.78, 5) is 0.0763. The van der Waals surface area contributed by atoms with Gasteiger partial charge in [0.1, 0.15) is 16.4 Å². The van der Waals surface area contributed by atoms with Gasteiger partial charge in [-0.05, 0) is 26.0 Å². The third kappa shape index (κ3) is 3.39. The van der Waals surface area contributed by atoms with Crippen LogP contribution in [0.15, 0.2) is 29.3 Å². The maximum Gasteiger partial charge on any atom is 0.246 e. The Kier molecular flexibility index (Phi) is 5.51. The van der Waals surface area contributed by atoms with Gasteiger partial charge in [0.2, 0.25) is 10.0 Å². The van der Waals surface area contributed by atoms with Crippen LogP contribution in [0.2, 0.25) is 0 Å². The van der Waals surface area contributed by atoms with Gasteiger partial charge in [-0.1, -0.05) is 0 Å². The lowest BCUT2D eigenvalue weighted by Gasteiger charge is -2.19. The standard InChI is InChI=1S/C16H23N3O4S/c1-6-19-12(2)13(10-17-19)11-18(3)24(20,21)16-9-14(22-4)7-8-15(16)23-5/h7-10H,6,11H2,1-5H3. The largest absolute Gasteiger partial charge is 0.497 e. The molecule has 0 unspecified atom stereocenters. The molecule has 1 aromatic heterocycles. The van der Waals surface area contributed by atoms with Crippen molar-refractivity contribution in [2.24, 2.45) is 0 Å². The first-order chi connectivity index (χ1) is 11.3. The fraction of sp³-hybridized carbons (Fsp3) is 0.438. The van der Waals surface area contributed by atoms with Gasteiger partial charge in [0.25, 0.3) is 0 Å². The number of methoxy groups -OCH3 is 2. The van der Waals surface area contributed by atoms with Crippen LogP contribution in [0, 0.1) is 6.92 Å². The summed E-state index contributed by atoms with van der Waals surface area (Å²) in [5, 5.41) is 4.25. The van der Waals surface area contributed by atoms with Crippen molar-refractivity contribution in [3.05, 3.63) is 35.7 Å². The lowest BCUT2D eigenvalue weighted by Crippen LogP contribution is -2.27. The molecule has 0 N–H and O–H groups in total. The zero-order valence-electron chi connectivity index (χ0n) is 14.6. The molecule has 0 fully saturated rings. The van der Waals surface area contributed by atoms with Gasteiger partial charge in [-0.3, -0.25) is 4.68 Å². The molecule has 0 amide bonds. The Morgan fingerprint density at radius 2 is 1.96 bits per heavy atom. The second-order valence-corrected chi connectivity index (χ2v) is 7.36. The number of nitrogens with zero attached hydrogens (tertiary/aromatic N) is 3. The molecule has 1 aromatic carbocycles. The highest BCUT2D eigenvalue weighted by Crippen LogP contribution is 2.30. The topological polar surface area (TPSA) is 73.7 Å². The lowest BCUT2D eigenvalue weighted by molar-refractivity contribution is 0.388. The van der Waals surface area contributed by atoms with Crippen LogP contribution in [0.25, 0.3) is 0 Å². The molecule has 0 atom stereocenters. The number of ether oxygens (including phenoxy) is 2. The van der Waals surface area contributed by atoms with Crippen LogP contribution in [0.5, 0.6) is 11.5 Å². The number of aromatic nitrogens is 2. The molecule has 0 saturated heterocycles. The molecule has 24 heavy (non-hydrogen) atoms. The van der Waals surface area contributed by atoms with E-state index in [4.69, 9.17) is 9.47 Å². The average Bonchev–Trinajstić information content (AvgIpc) is 2.94. The summed E-state index contributed by atoms with van der Waals surface area (Å²) in [5.74, 6) is 0.737. The van der Waals surface area contributed by atoms with Crippen molar-refractivity contribution in [1.82, 2.24) is 14.1 Å². The van der Waals surface area contributed by atoms with Crippen molar-refractivity contribution in [3.8, 4) is 11.5 Å². The zero-order valence-corrected chi connectivity index (χ0v) is 15.4. The quantitative estimate of drug-likeness (QED) is 0.762. The van der Waals surface area contributed by atoms with Gasteiger partial charge in [0.05, 0.1) is 20.4 Å². The minimum atomic E-state index is -3.74. The minimum Gasteiger partial charge on any atom is -0.497 e.